The van der Waals surface area contributed by atoms with E-state index in [9.17, 15) is 21.7 Å². The van der Waals surface area contributed by atoms with Crippen molar-refractivity contribution >= 4 is 12.6 Å². The van der Waals surface area contributed by atoms with Gasteiger partial charge in [-0.05, 0) is 17.7 Å². The molecular weight excluding hydrogens is 256 g/mol. The van der Waals surface area contributed by atoms with E-state index in [2.05, 4.69) is 10.3 Å². The molecule has 1 heterocycles. The van der Waals surface area contributed by atoms with Crippen molar-refractivity contribution in [1.82, 2.24) is 15.0 Å². The Balaban J connectivity index is 2.21. The summed E-state index contributed by atoms with van der Waals surface area (Å²) in [6.45, 7) is -5.41. The van der Waals surface area contributed by atoms with Gasteiger partial charge in [-0.25, -0.2) is 8.78 Å². The van der Waals surface area contributed by atoms with Crippen molar-refractivity contribution in [1.29, 1.82) is 0 Å². The maximum atomic E-state index is 12.9. The highest BCUT2D eigenvalue weighted by atomic mass is 19.4. The molecular formula is C9H6BF5N3-. The van der Waals surface area contributed by atoms with E-state index in [1.165, 1.54) is 0 Å². The van der Waals surface area contributed by atoms with Crippen molar-refractivity contribution in [3.8, 4) is 0 Å². The van der Waals surface area contributed by atoms with E-state index < -0.39 is 24.2 Å². The molecule has 0 saturated heterocycles. The maximum Gasteiger partial charge on any atom is 0.531 e. The molecule has 2 rings (SSSR count). The summed E-state index contributed by atoms with van der Waals surface area (Å²) in [6.07, 6.45) is 0.697. The molecule has 0 amide bonds. The van der Waals surface area contributed by atoms with Gasteiger partial charge in [0.2, 0.25) is 0 Å². The first-order valence-electron chi connectivity index (χ1n) is 4.89. The summed E-state index contributed by atoms with van der Waals surface area (Å²) in [7, 11) is 0. The van der Waals surface area contributed by atoms with Gasteiger partial charge in [0, 0.05) is 17.9 Å². The summed E-state index contributed by atoms with van der Waals surface area (Å²) in [4.78, 5) is 0. The second-order valence-electron chi connectivity index (χ2n) is 3.69. The minimum absolute atomic E-state index is 0.165. The zero-order valence-corrected chi connectivity index (χ0v) is 8.83. The van der Waals surface area contributed by atoms with Crippen molar-refractivity contribution in [2.24, 2.45) is 0 Å². The van der Waals surface area contributed by atoms with E-state index in [1.807, 2.05) is 0 Å². The standard InChI is InChI=1S/C9H6BF5N3/c11-7-1-6(2-8(12)3-7)4-18-5-9(16-17-18)10(13,14)15/h1-3,5H,4H2/q-1. The molecule has 18 heavy (non-hydrogen) atoms. The van der Waals surface area contributed by atoms with Crippen molar-refractivity contribution in [2.75, 3.05) is 0 Å². The van der Waals surface area contributed by atoms with Crippen LogP contribution < -0.4 is 5.59 Å². The second kappa shape index (κ2) is 4.39. The molecule has 0 saturated carbocycles. The first-order valence-corrected chi connectivity index (χ1v) is 4.89. The summed E-state index contributed by atoms with van der Waals surface area (Å²) in [6, 6.07) is 2.71. The van der Waals surface area contributed by atoms with Gasteiger partial charge in [0.05, 0.1) is 6.54 Å². The third-order valence-electron chi connectivity index (χ3n) is 2.16. The summed E-state index contributed by atoms with van der Waals surface area (Å²) >= 11 is 0. The molecule has 0 aliphatic carbocycles. The SMILES string of the molecule is Fc1cc(F)cc(Cn2cc([B-](F)(F)F)nn2)c1. The molecule has 0 N–H and O–H groups in total. The average Bonchev–Trinajstić information content (AvgIpc) is 2.63. The minimum Gasteiger partial charge on any atom is -0.444 e. The molecule has 96 valence electrons. The van der Waals surface area contributed by atoms with Crippen LogP contribution in [0.15, 0.2) is 24.4 Å². The van der Waals surface area contributed by atoms with E-state index in [1.54, 1.807) is 0 Å². The van der Waals surface area contributed by atoms with Gasteiger partial charge in [-0.3, -0.25) is 4.68 Å². The zero-order chi connectivity index (χ0) is 13.3. The molecule has 0 aliphatic rings. The van der Waals surface area contributed by atoms with Gasteiger partial charge in [-0.2, -0.15) is 5.10 Å². The molecule has 0 atom stereocenters. The van der Waals surface area contributed by atoms with Crippen molar-refractivity contribution < 1.29 is 21.7 Å². The normalized spacial score (nSPS) is 11.8. The number of hydrogen-bond donors (Lipinski definition) is 0. The number of hydrogen-bond acceptors (Lipinski definition) is 2. The van der Waals surface area contributed by atoms with Gasteiger partial charge >= 0.3 is 6.98 Å². The van der Waals surface area contributed by atoms with E-state index in [-0.39, 0.29) is 12.1 Å². The molecule has 2 aromatic rings. The van der Waals surface area contributed by atoms with Crippen LogP contribution in [0.4, 0.5) is 21.7 Å². The second-order valence-corrected chi connectivity index (χ2v) is 3.69. The lowest BCUT2D eigenvalue weighted by Gasteiger charge is -2.08. The van der Waals surface area contributed by atoms with Crippen molar-refractivity contribution in [3.63, 3.8) is 0 Å². The number of rotatable bonds is 3. The molecule has 3 nitrogen and oxygen atoms in total. The fraction of sp³-hybridized carbons (Fsp3) is 0.111. The molecule has 0 unspecified atom stereocenters. The van der Waals surface area contributed by atoms with Gasteiger partial charge in [0.1, 0.15) is 11.6 Å². The summed E-state index contributed by atoms with van der Waals surface area (Å²) in [5.74, 6) is -1.60. The maximum absolute atomic E-state index is 12.9. The minimum atomic E-state index is -5.22. The number of aromatic nitrogens is 3. The molecule has 1 aromatic carbocycles. The molecule has 0 spiro atoms. The lowest BCUT2D eigenvalue weighted by Crippen LogP contribution is -2.35. The van der Waals surface area contributed by atoms with Crippen LogP contribution in [0.3, 0.4) is 0 Å². The summed E-state index contributed by atoms with van der Waals surface area (Å²) in [5.41, 5.74) is -0.925. The van der Waals surface area contributed by atoms with Gasteiger partial charge in [0.15, 0.2) is 0 Å². The van der Waals surface area contributed by atoms with E-state index in [0.717, 1.165) is 16.8 Å². The number of nitrogens with zero attached hydrogens (tertiary/aromatic N) is 3. The first kappa shape index (κ1) is 12.5. The Morgan fingerprint density at radius 3 is 2.17 bits per heavy atom. The molecule has 0 aliphatic heterocycles. The zero-order valence-electron chi connectivity index (χ0n) is 8.83. The van der Waals surface area contributed by atoms with Crippen LogP contribution in [0.2, 0.25) is 0 Å². The monoisotopic (exact) mass is 262 g/mol. The lowest BCUT2D eigenvalue weighted by molar-refractivity contribution is 0.498. The predicted molar refractivity (Wildman–Crippen MR) is 54.2 cm³/mol. The Morgan fingerprint density at radius 2 is 1.67 bits per heavy atom. The third-order valence-corrected chi connectivity index (χ3v) is 2.16. The van der Waals surface area contributed by atoms with Gasteiger partial charge in [0.25, 0.3) is 0 Å². The Hall–Kier alpha value is -1.93. The fourth-order valence-electron chi connectivity index (χ4n) is 1.43. The number of halogens is 5. The molecule has 0 bridgehead atoms. The largest absolute Gasteiger partial charge is 0.531 e. The fourth-order valence-corrected chi connectivity index (χ4v) is 1.43. The van der Waals surface area contributed by atoms with Crippen LogP contribution in [0, 0.1) is 11.6 Å². The van der Waals surface area contributed by atoms with Crippen LogP contribution in [0.1, 0.15) is 5.56 Å². The van der Waals surface area contributed by atoms with E-state index in [4.69, 9.17) is 0 Å². The van der Waals surface area contributed by atoms with Crippen molar-refractivity contribution in [2.45, 2.75) is 6.54 Å². The summed E-state index contributed by atoms with van der Waals surface area (Å²) in [5, 5.41) is 6.21. The van der Waals surface area contributed by atoms with Crippen LogP contribution in [-0.2, 0) is 6.54 Å². The van der Waals surface area contributed by atoms with Crippen LogP contribution >= 0.6 is 0 Å². The average molecular weight is 262 g/mol. The quantitative estimate of drug-likeness (QED) is 0.622. The predicted octanol–water partition coefficient (Wildman–Crippen LogP) is 1.66. The molecule has 1 aromatic heterocycles. The highest BCUT2D eigenvalue weighted by molar-refractivity contribution is 6.72. The van der Waals surface area contributed by atoms with Crippen LogP contribution in [-0.4, -0.2) is 22.0 Å². The molecule has 0 radical (unpaired) electrons. The Kier molecular flexibility index (Phi) is 3.06. The smallest absolute Gasteiger partial charge is 0.444 e. The van der Waals surface area contributed by atoms with Gasteiger partial charge in [-0.1, -0.05) is 5.21 Å². The van der Waals surface area contributed by atoms with Crippen LogP contribution in [0.25, 0.3) is 0 Å². The molecule has 0 fully saturated rings. The highest BCUT2D eigenvalue weighted by Gasteiger charge is 2.29. The third kappa shape index (κ3) is 2.85. The Morgan fingerprint density at radius 1 is 1.06 bits per heavy atom. The topological polar surface area (TPSA) is 30.7 Å². The lowest BCUT2D eigenvalue weighted by atomic mass is 9.87. The van der Waals surface area contributed by atoms with Gasteiger partial charge < -0.3 is 12.9 Å². The summed E-state index contributed by atoms with van der Waals surface area (Å²) < 4.78 is 63.5. The highest BCUT2D eigenvalue weighted by Crippen LogP contribution is 2.10. The molecule has 9 heteroatoms. The number of benzene rings is 1. The first-order chi connectivity index (χ1) is 8.34. The van der Waals surface area contributed by atoms with E-state index >= 15 is 0 Å². The van der Waals surface area contributed by atoms with Crippen molar-refractivity contribution in [3.05, 3.63) is 41.6 Å². The van der Waals surface area contributed by atoms with Crippen LogP contribution in [0.5, 0.6) is 0 Å². The Bertz CT molecular complexity index is 545. The van der Waals surface area contributed by atoms with E-state index in [0.29, 0.717) is 12.3 Å². The Labute approximate surface area is 98.3 Å². The van der Waals surface area contributed by atoms with Gasteiger partial charge in [-0.15, -0.1) is 0 Å².